The summed E-state index contributed by atoms with van der Waals surface area (Å²) in [6, 6.07) is 10.5. The van der Waals surface area contributed by atoms with Crippen molar-refractivity contribution in [2.75, 3.05) is 12.4 Å². The first-order valence-corrected chi connectivity index (χ1v) is 8.78. The molecule has 4 aromatic rings. The van der Waals surface area contributed by atoms with E-state index in [2.05, 4.69) is 30.9 Å². The first-order chi connectivity index (χ1) is 14.0. The van der Waals surface area contributed by atoms with E-state index in [1.165, 1.54) is 19.2 Å². The molecule has 0 aliphatic rings. The zero-order valence-corrected chi connectivity index (χ0v) is 15.7. The van der Waals surface area contributed by atoms with E-state index in [1.54, 1.807) is 22.8 Å². The molecule has 0 saturated heterocycles. The zero-order chi connectivity index (χ0) is 20.4. The average Bonchev–Trinajstić information content (AvgIpc) is 3.35. The van der Waals surface area contributed by atoms with Crippen molar-refractivity contribution in [1.82, 2.24) is 30.1 Å². The maximum absolute atomic E-state index is 13.4. The molecule has 1 unspecified atom stereocenters. The third kappa shape index (κ3) is 3.86. The second-order valence-corrected chi connectivity index (χ2v) is 6.34. The van der Waals surface area contributed by atoms with Gasteiger partial charge in [0.05, 0.1) is 7.11 Å². The molecule has 1 amide bonds. The molecule has 10 heteroatoms. The molecule has 0 spiro atoms. The number of halogens is 1. The van der Waals surface area contributed by atoms with Crippen molar-refractivity contribution in [3.8, 4) is 0 Å². The van der Waals surface area contributed by atoms with Crippen molar-refractivity contribution in [2.24, 2.45) is 0 Å². The first kappa shape index (κ1) is 18.4. The number of alkyl carbamates (subject to hydrolysis) is 1. The Morgan fingerprint density at radius 2 is 2.07 bits per heavy atom. The van der Waals surface area contributed by atoms with Crippen LogP contribution in [0.1, 0.15) is 23.1 Å². The molecular weight excluding hydrogens is 377 g/mol. The minimum absolute atomic E-state index is 0.292. The average molecular weight is 395 g/mol. The lowest BCUT2D eigenvalue weighted by Crippen LogP contribution is -2.31. The van der Waals surface area contributed by atoms with Gasteiger partial charge in [-0.2, -0.15) is 5.10 Å². The molecule has 0 bridgehead atoms. The fraction of sp³-hybridized carbons (Fsp3) is 0.158. The van der Waals surface area contributed by atoms with Crippen LogP contribution in [0.3, 0.4) is 0 Å². The van der Waals surface area contributed by atoms with Gasteiger partial charge in [-0.25, -0.2) is 18.7 Å². The molecule has 0 aliphatic carbocycles. The van der Waals surface area contributed by atoms with E-state index in [4.69, 9.17) is 4.74 Å². The molecule has 9 nitrogen and oxygen atoms in total. The van der Waals surface area contributed by atoms with Crippen LogP contribution in [-0.4, -0.2) is 38.0 Å². The van der Waals surface area contributed by atoms with Crippen LogP contribution in [0.5, 0.6) is 0 Å². The number of ether oxygens (including phenoxy) is 1. The Morgan fingerprint density at radius 3 is 2.76 bits per heavy atom. The van der Waals surface area contributed by atoms with E-state index in [0.717, 1.165) is 11.2 Å². The van der Waals surface area contributed by atoms with Gasteiger partial charge in [-0.15, -0.1) is 5.10 Å². The van der Waals surface area contributed by atoms with E-state index in [9.17, 15) is 9.18 Å². The number of aromatic amines is 1. The highest BCUT2D eigenvalue weighted by Gasteiger charge is 2.23. The predicted octanol–water partition coefficient (Wildman–Crippen LogP) is 3.09. The number of fused-ring (bicyclic) bond motifs is 1. The van der Waals surface area contributed by atoms with Gasteiger partial charge in [-0.3, -0.25) is 5.10 Å². The Morgan fingerprint density at radius 1 is 1.28 bits per heavy atom. The van der Waals surface area contributed by atoms with Gasteiger partial charge in [-0.05, 0) is 36.8 Å². The lowest BCUT2D eigenvalue weighted by atomic mass is 10.1. The topological polar surface area (TPSA) is 109 Å². The largest absolute Gasteiger partial charge is 0.453 e. The number of anilines is 2. The minimum Gasteiger partial charge on any atom is -0.453 e. The van der Waals surface area contributed by atoms with Crippen LogP contribution >= 0.6 is 0 Å². The molecule has 0 saturated carbocycles. The highest BCUT2D eigenvalue weighted by molar-refractivity contribution is 5.72. The van der Waals surface area contributed by atoms with Crippen molar-refractivity contribution in [1.29, 1.82) is 0 Å². The number of hydrogen-bond acceptors (Lipinski definition) is 6. The van der Waals surface area contributed by atoms with Crippen LogP contribution in [0.25, 0.3) is 5.52 Å². The fourth-order valence-corrected chi connectivity index (χ4v) is 2.90. The summed E-state index contributed by atoms with van der Waals surface area (Å²) in [6.45, 7) is 1.89. The molecule has 0 radical (unpaired) electrons. The smallest absolute Gasteiger partial charge is 0.407 e. The second kappa shape index (κ2) is 7.58. The lowest BCUT2D eigenvalue weighted by molar-refractivity contribution is 0.168. The third-order valence-corrected chi connectivity index (χ3v) is 4.27. The molecule has 0 aliphatic heterocycles. The monoisotopic (exact) mass is 395 g/mol. The number of H-pyrrole nitrogens is 1. The quantitative estimate of drug-likeness (QED) is 0.479. The van der Waals surface area contributed by atoms with Gasteiger partial charge in [0.2, 0.25) is 0 Å². The van der Waals surface area contributed by atoms with Gasteiger partial charge in [0.15, 0.2) is 17.5 Å². The maximum Gasteiger partial charge on any atom is 0.407 e. The second-order valence-electron chi connectivity index (χ2n) is 6.34. The number of rotatable bonds is 5. The van der Waals surface area contributed by atoms with E-state index in [1.807, 2.05) is 25.1 Å². The molecular formula is C19H18FN7O2. The molecule has 4 rings (SSSR count). The van der Waals surface area contributed by atoms with Gasteiger partial charge in [0.25, 0.3) is 0 Å². The van der Waals surface area contributed by atoms with Crippen LogP contribution < -0.4 is 10.6 Å². The van der Waals surface area contributed by atoms with Crippen molar-refractivity contribution in [3.05, 3.63) is 71.6 Å². The molecule has 1 aromatic carbocycles. The minimum atomic E-state index is -0.753. The van der Waals surface area contributed by atoms with E-state index >= 15 is 0 Å². The van der Waals surface area contributed by atoms with Gasteiger partial charge < -0.3 is 15.4 Å². The molecule has 29 heavy (non-hydrogen) atoms. The Hall–Kier alpha value is -3.95. The highest BCUT2D eigenvalue weighted by Crippen LogP contribution is 2.25. The van der Waals surface area contributed by atoms with Crippen molar-refractivity contribution >= 4 is 23.2 Å². The number of nitrogens with one attached hydrogen (secondary N) is 3. The van der Waals surface area contributed by atoms with Crippen molar-refractivity contribution in [2.45, 2.75) is 13.0 Å². The van der Waals surface area contributed by atoms with Gasteiger partial charge in [0.1, 0.15) is 17.4 Å². The summed E-state index contributed by atoms with van der Waals surface area (Å²) in [5.41, 5.74) is 2.22. The number of methoxy groups -OCH3 is 1. The molecule has 3 N–H and O–H groups in total. The van der Waals surface area contributed by atoms with E-state index < -0.39 is 12.1 Å². The number of aromatic nitrogens is 5. The number of nitrogens with zero attached hydrogens (tertiary/aromatic N) is 4. The number of amides is 1. The summed E-state index contributed by atoms with van der Waals surface area (Å²) >= 11 is 0. The zero-order valence-electron chi connectivity index (χ0n) is 15.7. The normalized spacial score (nSPS) is 12.0. The number of carbonyl (C=O) groups is 1. The van der Waals surface area contributed by atoms with Gasteiger partial charge in [-0.1, -0.05) is 12.1 Å². The summed E-state index contributed by atoms with van der Waals surface area (Å²) in [4.78, 5) is 16.5. The van der Waals surface area contributed by atoms with E-state index in [0.29, 0.717) is 23.0 Å². The Bertz CT molecular complexity index is 1150. The number of benzene rings is 1. The van der Waals surface area contributed by atoms with Gasteiger partial charge in [0, 0.05) is 18.0 Å². The van der Waals surface area contributed by atoms with Crippen LogP contribution in [-0.2, 0) is 4.74 Å². The van der Waals surface area contributed by atoms with Gasteiger partial charge >= 0.3 is 6.09 Å². The van der Waals surface area contributed by atoms with Crippen molar-refractivity contribution < 1.29 is 13.9 Å². The Balaban J connectivity index is 1.80. The van der Waals surface area contributed by atoms with Crippen molar-refractivity contribution in [3.63, 3.8) is 0 Å². The first-order valence-electron chi connectivity index (χ1n) is 8.78. The Kier molecular flexibility index (Phi) is 4.82. The third-order valence-electron chi connectivity index (χ3n) is 4.27. The standard InChI is InChI=1S/C19H18FN7O2/c1-11-10-15(25-24-11)21-17-14-4-3-9-27(14)26-18(23-17)16(22-19(28)29-2)12-5-7-13(20)8-6-12/h3-10,16H,1-2H3,(H,22,28)(H2,21,23,24,25,26). The fourth-order valence-electron chi connectivity index (χ4n) is 2.90. The van der Waals surface area contributed by atoms with Crippen LogP contribution in [0, 0.1) is 12.7 Å². The van der Waals surface area contributed by atoms with Crippen LogP contribution in [0.15, 0.2) is 48.7 Å². The number of hydrogen-bond donors (Lipinski definition) is 3. The Labute approximate surface area is 164 Å². The number of aryl methyl sites for hydroxylation is 1. The summed E-state index contributed by atoms with van der Waals surface area (Å²) in [5.74, 6) is 1.00. The molecule has 1 atom stereocenters. The summed E-state index contributed by atoms with van der Waals surface area (Å²) in [7, 11) is 1.26. The van der Waals surface area contributed by atoms with Crippen LogP contribution in [0.4, 0.5) is 20.8 Å². The SMILES string of the molecule is COC(=O)NC(c1ccc(F)cc1)c1nc(Nc2cc(C)[nH]n2)c2cccn2n1. The van der Waals surface area contributed by atoms with E-state index in [-0.39, 0.29) is 5.82 Å². The maximum atomic E-state index is 13.4. The summed E-state index contributed by atoms with van der Waals surface area (Å²) < 4.78 is 19.8. The highest BCUT2D eigenvalue weighted by atomic mass is 19.1. The predicted molar refractivity (Wildman–Crippen MR) is 103 cm³/mol. The summed E-state index contributed by atoms with van der Waals surface area (Å²) in [5, 5.41) is 17.4. The lowest BCUT2D eigenvalue weighted by Gasteiger charge is -2.18. The molecule has 0 fully saturated rings. The molecule has 3 aromatic heterocycles. The summed E-state index contributed by atoms with van der Waals surface area (Å²) in [6.07, 6.45) is 1.11. The molecule has 3 heterocycles. The molecule has 148 valence electrons. The van der Waals surface area contributed by atoms with Crippen LogP contribution in [0.2, 0.25) is 0 Å². The number of carbonyl (C=O) groups excluding carboxylic acids is 1.